The van der Waals surface area contributed by atoms with Crippen LogP contribution in [0.3, 0.4) is 0 Å². The Bertz CT molecular complexity index is 689. The number of likely N-dealkylation sites (tertiary alicyclic amines) is 1. The normalized spacial score (nSPS) is 17.5. The van der Waals surface area contributed by atoms with Gasteiger partial charge in [0.05, 0.1) is 12.1 Å². The van der Waals surface area contributed by atoms with Gasteiger partial charge in [-0.15, -0.1) is 0 Å². The van der Waals surface area contributed by atoms with Gasteiger partial charge in [0.15, 0.2) is 0 Å². The summed E-state index contributed by atoms with van der Waals surface area (Å²) < 4.78 is 5.84. The van der Waals surface area contributed by atoms with E-state index in [2.05, 4.69) is 15.0 Å². The molecule has 0 bridgehead atoms. The van der Waals surface area contributed by atoms with Crippen LogP contribution >= 0.6 is 0 Å². The first kappa shape index (κ1) is 14.4. The van der Waals surface area contributed by atoms with E-state index in [1.165, 1.54) is 0 Å². The van der Waals surface area contributed by atoms with E-state index < -0.39 is 0 Å². The van der Waals surface area contributed by atoms with Gasteiger partial charge in [-0.2, -0.15) is 4.98 Å². The van der Waals surface area contributed by atoms with Crippen LogP contribution in [0.2, 0.25) is 0 Å². The molecule has 6 heteroatoms. The monoisotopic (exact) mass is 298 g/mol. The Labute approximate surface area is 129 Å². The van der Waals surface area contributed by atoms with E-state index in [0.717, 1.165) is 12.1 Å². The lowest BCUT2D eigenvalue weighted by molar-refractivity contribution is 0.0770. The number of pyridine rings is 1. The van der Waals surface area contributed by atoms with Gasteiger partial charge in [0, 0.05) is 37.1 Å². The Hall–Kier alpha value is -2.50. The Balaban J connectivity index is 1.65. The maximum absolute atomic E-state index is 12.5. The van der Waals surface area contributed by atoms with E-state index in [4.69, 9.17) is 4.74 Å². The number of aryl methyl sites for hydroxylation is 2. The molecule has 114 valence electrons. The highest BCUT2D eigenvalue weighted by Gasteiger charge is 2.29. The summed E-state index contributed by atoms with van der Waals surface area (Å²) in [5, 5.41) is 0. The highest BCUT2D eigenvalue weighted by molar-refractivity contribution is 5.95. The predicted octanol–water partition coefficient (Wildman–Crippen LogP) is 1.78. The molecule has 2 aromatic heterocycles. The average molecular weight is 298 g/mol. The molecule has 0 saturated carbocycles. The van der Waals surface area contributed by atoms with Crippen LogP contribution in [0, 0.1) is 13.8 Å². The van der Waals surface area contributed by atoms with Crippen molar-refractivity contribution in [3.05, 3.63) is 47.7 Å². The lowest BCUT2D eigenvalue weighted by Gasteiger charge is -2.17. The number of ether oxygens (including phenoxy) is 1. The minimum atomic E-state index is -0.0322. The second kappa shape index (κ2) is 6.09. The van der Waals surface area contributed by atoms with Crippen LogP contribution in [0.25, 0.3) is 0 Å². The predicted molar refractivity (Wildman–Crippen MR) is 80.7 cm³/mol. The Morgan fingerprint density at radius 3 is 2.91 bits per heavy atom. The Morgan fingerprint density at radius 2 is 2.14 bits per heavy atom. The molecule has 1 aliphatic rings. The van der Waals surface area contributed by atoms with Crippen LogP contribution in [0.5, 0.6) is 5.88 Å². The van der Waals surface area contributed by atoms with E-state index in [0.29, 0.717) is 30.4 Å². The maximum atomic E-state index is 12.5. The van der Waals surface area contributed by atoms with Crippen LogP contribution in [-0.4, -0.2) is 45.0 Å². The van der Waals surface area contributed by atoms with Crippen molar-refractivity contribution in [3.63, 3.8) is 0 Å². The van der Waals surface area contributed by atoms with Gasteiger partial charge in [0.1, 0.15) is 11.9 Å². The van der Waals surface area contributed by atoms with E-state index in [1.54, 1.807) is 24.5 Å². The summed E-state index contributed by atoms with van der Waals surface area (Å²) >= 11 is 0. The second-order valence-corrected chi connectivity index (χ2v) is 5.36. The Morgan fingerprint density at radius 1 is 1.27 bits per heavy atom. The first-order valence-electron chi connectivity index (χ1n) is 7.30. The number of amides is 1. The van der Waals surface area contributed by atoms with Gasteiger partial charge in [-0.1, -0.05) is 0 Å². The molecule has 0 radical (unpaired) electrons. The minimum absolute atomic E-state index is 0.00979. The number of aromatic nitrogens is 3. The molecule has 6 nitrogen and oxygen atoms in total. The maximum Gasteiger partial charge on any atom is 0.255 e. The van der Waals surface area contributed by atoms with E-state index in [1.807, 2.05) is 24.8 Å². The summed E-state index contributed by atoms with van der Waals surface area (Å²) in [6.07, 6.45) is 4.14. The molecular weight excluding hydrogens is 280 g/mol. The summed E-state index contributed by atoms with van der Waals surface area (Å²) in [7, 11) is 0. The van der Waals surface area contributed by atoms with Crippen molar-refractivity contribution in [1.82, 2.24) is 19.9 Å². The second-order valence-electron chi connectivity index (χ2n) is 5.36. The van der Waals surface area contributed by atoms with Gasteiger partial charge in [-0.25, -0.2) is 4.98 Å². The fraction of sp³-hybridized carbons (Fsp3) is 0.375. The van der Waals surface area contributed by atoms with Gasteiger partial charge in [-0.05, 0) is 26.0 Å². The molecule has 1 unspecified atom stereocenters. The number of rotatable bonds is 3. The number of carbonyl (C=O) groups is 1. The largest absolute Gasteiger partial charge is 0.472 e. The summed E-state index contributed by atoms with van der Waals surface area (Å²) in [6, 6.07) is 5.34. The van der Waals surface area contributed by atoms with Crippen molar-refractivity contribution in [1.29, 1.82) is 0 Å². The fourth-order valence-corrected chi connectivity index (χ4v) is 2.56. The number of hydrogen-bond donors (Lipinski definition) is 0. The summed E-state index contributed by atoms with van der Waals surface area (Å²) in [5.74, 6) is 1.24. The SMILES string of the molecule is Cc1nccc(OC2CCN(C(=O)c3cccnc3C)C2)n1. The number of carbonyl (C=O) groups excluding carboxylic acids is 1. The molecular formula is C16H18N4O2. The zero-order valence-corrected chi connectivity index (χ0v) is 12.7. The van der Waals surface area contributed by atoms with Crippen molar-refractivity contribution in [2.75, 3.05) is 13.1 Å². The third kappa shape index (κ3) is 3.05. The van der Waals surface area contributed by atoms with Gasteiger partial charge < -0.3 is 9.64 Å². The van der Waals surface area contributed by atoms with Crippen molar-refractivity contribution in [2.45, 2.75) is 26.4 Å². The van der Waals surface area contributed by atoms with E-state index in [-0.39, 0.29) is 12.0 Å². The molecule has 1 aliphatic heterocycles. The highest BCUT2D eigenvalue weighted by atomic mass is 16.5. The molecule has 1 amide bonds. The third-order valence-electron chi connectivity index (χ3n) is 3.71. The third-order valence-corrected chi connectivity index (χ3v) is 3.71. The Kier molecular flexibility index (Phi) is 4.00. The first-order valence-corrected chi connectivity index (χ1v) is 7.30. The van der Waals surface area contributed by atoms with Crippen LogP contribution in [0.15, 0.2) is 30.6 Å². The van der Waals surface area contributed by atoms with Crippen LogP contribution in [0.1, 0.15) is 28.3 Å². The molecule has 3 rings (SSSR count). The minimum Gasteiger partial charge on any atom is -0.472 e. The van der Waals surface area contributed by atoms with Gasteiger partial charge in [0.25, 0.3) is 5.91 Å². The first-order chi connectivity index (χ1) is 10.6. The van der Waals surface area contributed by atoms with Crippen molar-refractivity contribution in [3.8, 4) is 5.88 Å². The quantitative estimate of drug-likeness (QED) is 0.864. The summed E-state index contributed by atoms with van der Waals surface area (Å²) in [6.45, 7) is 4.92. The van der Waals surface area contributed by atoms with Crippen LogP contribution in [-0.2, 0) is 0 Å². The zero-order chi connectivity index (χ0) is 15.5. The van der Waals surface area contributed by atoms with Gasteiger partial charge >= 0.3 is 0 Å². The zero-order valence-electron chi connectivity index (χ0n) is 12.7. The lowest BCUT2D eigenvalue weighted by atomic mass is 10.2. The summed E-state index contributed by atoms with van der Waals surface area (Å²) in [5.41, 5.74) is 1.41. The van der Waals surface area contributed by atoms with Crippen LogP contribution in [0.4, 0.5) is 0 Å². The molecule has 0 aromatic carbocycles. The molecule has 1 fully saturated rings. The molecule has 1 atom stereocenters. The number of nitrogens with zero attached hydrogens (tertiary/aromatic N) is 4. The lowest BCUT2D eigenvalue weighted by Crippen LogP contribution is -2.31. The van der Waals surface area contributed by atoms with E-state index >= 15 is 0 Å². The van der Waals surface area contributed by atoms with Crippen molar-refractivity contribution >= 4 is 5.91 Å². The topological polar surface area (TPSA) is 68.2 Å². The molecule has 0 aliphatic carbocycles. The van der Waals surface area contributed by atoms with Gasteiger partial charge in [-0.3, -0.25) is 9.78 Å². The molecule has 2 aromatic rings. The molecule has 1 saturated heterocycles. The standard InChI is InChI=1S/C16H18N4O2/c1-11-14(4-3-7-17-11)16(21)20-9-6-13(10-20)22-15-5-8-18-12(2)19-15/h3-5,7-8,13H,6,9-10H2,1-2H3. The van der Waals surface area contributed by atoms with Crippen molar-refractivity contribution < 1.29 is 9.53 Å². The molecule has 0 N–H and O–H groups in total. The number of hydrogen-bond acceptors (Lipinski definition) is 5. The fourth-order valence-electron chi connectivity index (χ4n) is 2.56. The molecule has 3 heterocycles. The van der Waals surface area contributed by atoms with Gasteiger partial charge in [0.2, 0.25) is 5.88 Å². The molecule has 0 spiro atoms. The average Bonchev–Trinajstić information content (AvgIpc) is 2.95. The summed E-state index contributed by atoms with van der Waals surface area (Å²) in [4.78, 5) is 26.8. The smallest absolute Gasteiger partial charge is 0.255 e. The molecule has 22 heavy (non-hydrogen) atoms. The van der Waals surface area contributed by atoms with E-state index in [9.17, 15) is 4.79 Å². The van der Waals surface area contributed by atoms with Crippen LogP contribution < -0.4 is 4.74 Å². The highest BCUT2D eigenvalue weighted by Crippen LogP contribution is 2.19. The van der Waals surface area contributed by atoms with Crippen molar-refractivity contribution in [2.24, 2.45) is 0 Å².